The van der Waals surface area contributed by atoms with Crippen molar-refractivity contribution in [2.45, 2.75) is 19.5 Å². The highest BCUT2D eigenvalue weighted by molar-refractivity contribution is 5.92. The third-order valence-electron chi connectivity index (χ3n) is 3.64. The summed E-state index contributed by atoms with van der Waals surface area (Å²) in [6.45, 7) is 1.72. The number of nitrogens with one attached hydrogen (secondary N) is 2. The Bertz CT molecular complexity index is 659. The van der Waals surface area contributed by atoms with E-state index in [4.69, 9.17) is 4.74 Å². The first-order valence-electron chi connectivity index (χ1n) is 7.00. The maximum absolute atomic E-state index is 12.2. The third kappa shape index (κ3) is 3.59. The van der Waals surface area contributed by atoms with Gasteiger partial charge in [-0.25, -0.2) is 0 Å². The van der Waals surface area contributed by atoms with Crippen LogP contribution in [-0.4, -0.2) is 13.0 Å². The lowest BCUT2D eigenvalue weighted by Gasteiger charge is -2.11. The van der Waals surface area contributed by atoms with Crippen LogP contribution in [0.2, 0.25) is 0 Å². The molecular formula is C17H19ClN2O2. The number of anilines is 1. The van der Waals surface area contributed by atoms with Gasteiger partial charge >= 0.3 is 0 Å². The Balaban J connectivity index is 0.00000176. The van der Waals surface area contributed by atoms with Gasteiger partial charge in [-0.05, 0) is 35.4 Å². The maximum Gasteiger partial charge on any atom is 0.228 e. The molecule has 0 aromatic heterocycles. The lowest BCUT2D eigenvalue weighted by Crippen LogP contribution is -2.15. The van der Waals surface area contributed by atoms with Crippen LogP contribution in [0, 0.1) is 0 Å². The van der Waals surface area contributed by atoms with Gasteiger partial charge in [0.1, 0.15) is 5.75 Å². The fourth-order valence-electron chi connectivity index (χ4n) is 2.61. The molecule has 0 aliphatic carbocycles. The molecule has 2 aromatic rings. The van der Waals surface area contributed by atoms with Gasteiger partial charge in [0.15, 0.2) is 0 Å². The third-order valence-corrected chi connectivity index (χ3v) is 3.64. The molecular weight excluding hydrogens is 300 g/mol. The maximum atomic E-state index is 12.2. The predicted octanol–water partition coefficient (Wildman–Crippen LogP) is 2.90. The van der Waals surface area contributed by atoms with E-state index in [2.05, 4.69) is 16.7 Å². The molecule has 2 aromatic carbocycles. The molecule has 0 bridgehead atoms. The first kappa shape index (κ1) is 16.3. The van der Waals surface area contributed by atoms with E-state index in [0.717, 1.165) is 30.1 Å². The standard InChI is InChI=1S/C17H18N2O2.ClH/c1-21-16-8-14-11-18-10-13(14)7-12(16)9-17(20)19-15-5-3-2-4-6-15;/h2-8,18H,9-11H2,1H3,(H,19,20);1H. The van der Waals surface area contributed by atoms with Crippen molar-refractivity contribution in [2.24, 2.45) is 0 Å². The molecule has 1 aliphatic rings. The molecule has 1 aliphatic heterocycles. The van der Waals surface area contributed by atoms with Crippen LogP contribution in [0.3, 0.4) is 0 Å². The van der Waals surface area contributed by atoms with Crippen LogP contribution in [0.5, 0.6) is 5.75 Å². The molecule has 116 valence electrons. The van der Waals surface area contributed by atoms with Crippen molar-refractivity contribution in [3.63, 3.8) is 0 Å². The van der Waals surface area contributed by atoms with Crippen LogP contribution in [0.25, 0.3) is 0 Å². The Morgan fingerprint density at radius 3 is 2.55 bits per heavy atom. The number of hydrogen-bond acceptors (Lipinski definition) is 3. The first-order chi connectivity index (χ1) is 10.3. The van der Waals surface area contributed by atoms with E-state index in [9.17, 15) is 4.79 Å². The van der Waals surface area contributed by atoms with Crippen LogP contribution in [-0.2, 0) is 24.3 Å². The van der Waals surface area contributed by atoms with Crippen molar-refractivity contribution >= 4 is 24.0 Å². The van der Waals surface area contributed by atoms with Crippen molar-refractivity contribution in [3.05, 3.63) is 59.2 Å². The molecule has 1 heterocycles. The number of methoxy groups -OCH3 is 1. The van der Waals surface area contributed by atoms with Crippen molar-refractivity contribution < 1.29 is 9.53 Å². The van der Waals surface area contributed by atoms with E-state index in [0.29, 0.717) is 6.42 Å². The molecule has 0 fully saturated rings. The molecule has 0 atom stereocenters. The highest BCUT2D eigenvalue weighted by atomic mass is 35.5. The molecule has 0 saturated carbocycles. The zero-order valence-corrected chi connectivity index (χ0v) is 13.2. The Kier molecular flexibility index (Phi) is 5.41. The van der Waals surface area contributed by atoms with Crippen molar-refractivity contribution in [3.8, 4) is 5.75 Å². The van der Waals surface area contributed by atoms with Gasteiger partial charge < -0.3 is 15.4 Å². The summed E-state index contributed by atoms with van der Waals surface area (Å²) in [5.41, 5.74) is 4.23. The smallest absolute Gasteiger partial charge is 0.228 e. The van der Waals surface area contributed by atoms with E-state index < -0.39 is 0 Å². The predicted molar refractivity (Wildman–Crippen MR) is 89.6 cm³/mol. The largest absolute Gasteiger partial charge is 0.496 e. The zero-order chi connectivity index (χ0) is 14.7. The number of carbonyl (C=O) groups excluding carboxylic acids is 1. The summed E-state index contributed by atoms with van der Waals surface area (Å²) in [5.74, 6) is 0.742. The second-order valence-corrected chi connectivity index (χ2v) is 5.13. The lowest BCUT2D eigenvalue weighted by molar-refractivity contribution is -0.115. The highest BCUT2D eigenvalue weighted by Crippen LogP contribution is 2.27. The number of rotatable bonds is 4. The zero-order valence-electron chi connectivity index (χ0n) is 12.4. The van der Waals surface area contributed by atoms with Gasteiger partial charge in [-0.1, -0.05) is 18.2 Å². The van der Waals surface area contributed by atoms with Gasteiger partial charge in [0.05, 0.1) is 13.5 Å². The first-order valence-corrected chi connectivity index (χ1v) is 7.00. The minimum absolute atomic E-state index is 0. The van der Waals surface area contributed by atoms with Crippen LogP contribution < -0.4 is 15.4 Å². The van der Waals surface area contributed by atoms with Crippen LogP contribution in [0.15, 0.2) is 42.5 Å². The number of para-hydroxylation sites is 1. The van der Waals surface area contributed by atoms with E-state index in [1.165, 1.54) is 11.1 Å². The fraction of sp³-hybridized carbons (Fsp3) is 0.235. The number of carbonyl (C=O) groups is 1. The summed E-state index contributed by atoms with van der Waals surface area (Å²) in [5, 5.41) is 6.20. The van der Waals surface area contributed by atoms with Crippen molar-refractivity contribution in [1.82, 2.24) is 5.32 Å². The summed E-state index contributed by atoms with van der Waals surface area (Å²) >= 11 is 0. The minimum atomic E-state index is -0.0367. The fourth-order valence-corrected chi connectivity index (χ4v) is 2.61. The number of amides is 1. The summed E-state index contributed by atoms with van der Waals surface area (Å²) in [4.78, 5) is 12.2. The Labute approximate surface area is 136 Å². The molecule has 22 heavy (non-hydrogen) atoms. The van der Waals surface area contributed by atoms with Gasteiger partial charge in [0.25, 0.3) is 0 Å². The number of halogens is 1. The van der Waals surface area contributed by atoms with Gasteiger partial charge in [-0.3, -0.25) is 4.79 Å². The molecule has 2 N–H and O–H groups in total. The Hall–Kier alpha value is -2.04. The Morgan fingerprint density at radius 2 is 1.86 bits per heavy atom. The Morgan fingerprint density at radius 1 is 1.18 bits per heavy atom. The summed E-state index contributed by atoms with van der Waals surface area (Å²) in [6.07, 6.45) is 0.311. The van der Waals surface area contributed by atoms with Crippen LogP contribution >= 0.6 is 12.4 Å². The van der Waals surface area contributed by atoms with Gasteiger partial charge in [0.2, 0.25) is 5.91 Å². The number of hydrogen-bond donors (Lipinski definition) is 2. The van der Waals surface area contributed by atoms with Gasteiger partial charge in [0, 0.05) is 24.3 Å². The summed E-state index contributed by atoms with van der Waals surface area (Å²) < 4.78 is 5.41. The summed E-state index contributed by atoms with van der Waals surface area (Å²) in [7, 11) is 1.64. The number of benzene rings is 2. The quantitative estimate of drug-likeness (QED) is 0.911. The van der Waals surface area contributed by atoms with E-state index in [-0.39, 0.29) is 18.3 Å². The molecule has 3 rings (SSSR count). The van der Waals surface area contributed by atoms with Crippen LogP contribution in [0.1, 0.15) is 16.7 Å². The van der Waals surface area contributed by atoms with E-state index in [1.807, 2.05) is 36.4 Å². The number of ether oxygens (including phenoxy) is 1. The average Bonchev–Trinajstić information content (AvgIpc) is 2.94. The highest BCUT2D eigenvalue weighted by Gasteiger charge is 2.16. The lowest BCUT2D eigenvalue weighted by atomic mass is 10.0. The van der Waals surface area contributed by atoms with Gasteiger partial charge in [-0.15, -0.1) is 12.4 Å². The molecule has 0 unspecified atom stereocenters. The average molecular weight is 319 g/mol. The topological polar surface area (TPSA) is 50.4 Å². The second kappa shape index (κ2) is 7.29. The van der Waals surface area contributed by atoms with E-state index in [1.54, 1.807) is 7.11 Å². The molecule has 0 radical (unpaired) electrons. The van der Waals surface area contributed by atoms with E-state index >= 15 is 0 Å². The molecule has 0 saturated heterocycles. The summed E-state index contributed by atoms with van der Waals surface area (Å²) in [6, 6.07) is 13.6. The minimum Gasteiger partial charge on any atom is -0.496 e. The molecule has 1 amide bonds. The SMILES string of the molecule is COc1cc2c(cc1CC(=O)Nc1ccccc1)CNC2.Cl. The van der Waals surface area contributed by atoms with Crippen molar-refractivity contribution in [2.75, 3.05) is 12.4 Å². The molecule has 4 nitrogen and oxygen atoms in total. The van der Waals surface area contributed by atoms with Crippen molar-refractivity contribution in [1.29, 1.82) is 0 Å². The number of fused-ring (bicyclic) bond motifs is 1. The molecule has 5 heteroatoms. The van der Waals surface area contributed by atoms with Crippen LogP contribution in [0.4, 0.5) is 5.69 Å². The normalized spacial score (nSPS) is 12.2. The second-order valence-electron chi connectivity index (χ2n) is 5.13. The molecule has 0 spiro atoms. The van der Waals surface area contributed by atoms with Gasteiger partial charge in [-0.2, -0.15) is 0 Å². The monoisotopic (exact) mass is 318 g/mol.